The minimum absolute atomic E-state index is 0.0406. The number of carboxylic acid groups (broad SMARTS) is 1. The molecule has 146 valence electrons. The monoisotopic (exact) mass is 414 g/mol. The molecule has 28 heavy (non-hydrogen) atoms. The Morgan fingerprint density at radius 3 is 2.64 bits per heavy atom. The average molecular weight is 415 g/mol. The lowest BCUT2D eigenvalue weighted by atomic mass is 9.74. The molecule has 2 aromatic rings. The van der Waals surface area contributed by atoms with Gasteiger partial charge < -0.3 is 14.5 Å². The molecule has 1 aromatic heterocycles. The highest BCUT2D eigenvalue weighted by Crippen LogP contribution is 2.64. The van der Waals surface area contributed by atoms with Crippen LogP contribution >= 0.6 is 24.0 Å². The highest BCUT2D eigenvalue weighted by molar-refractivity contribution is 8.01. The van der Waals surface area contributed by atoms with Crippen molar-refractivity contribution in [2.45, 2.75) is 43.4 Å². The number of benzene rings is 1. The molecule has 0 radical (unpaired) electrons. The van der Waals surface area contributed by atoms with Crippen LogP contribution in [0.3, 0.4) is 0 Å². The summed E-state index contributed by atoms with van der Waals surface area (Å²) in [4.78, 5) is 15.4. The Balaban J connectivity index is 1.89. The number of aromatic nitrogens is 1. The first-order valence-corrected chi connectivity index (χ1v) is 10.4. The van der Waals surface area contributed by atoms with Gasteiger partial charge >= 0.3 is 5.97 Å². The number of carbonyl (C=O) groups is 1. The fourth-order valence-electron chi connectivity index (χ4n) is 4.36. The number of hydrogen-bond donors (Lipinski definition) is 1. The van der Waals surface area contributed by atoms with E-state index in [0.717, 1.165) is 5.56 Å². The molecule has 0 amide bonds. The zero-order valence-corrected chi connectivity index (χ0v) is 17.8. The van der Waals surface area contributed by atoms with Crippen LogP contribution in [0.1, 0.15) is 43.4 Å². The van der Waals surface area contributed by atoms with Crippen LogP contribution in [0.25, 0.3) is 12.2 Å². The predicted molar refractivity (Wildman–Crippen MR) is 115 cm³/mol. The Kier molecular flexibility index (Phi) is 4.43. The summed E-state index contributed by atoms with van der Waals surface area (Å²) >= 11 is 7.26. The van der Waals surface area contributed by atoms with E-state index in [4.69, 9.17) is 16.7 Å². The van der Waals surface area contributed by atoms with E-state index in [2.05, 4.69) is 12.1 Å². The molecule has 2 aliphatic rings. The van der Waals surface area contributed by atoms with Crippen molar-refractivity contribution in [3.63, 3.8) is 0 Å². The maximum Gasteiger partial charge on any atom is 0.336 e. The summed E-state index contributed by atoms with van der Waals surface area (Å²) in [5, 5.41) is 14.7. The number of aliphatic carboxylic acids is 1. The van der Waals surface area contributed by atoms with Gasteiger partial charge in [0.15, 0.2) is 11.3 Å². The van der Waals surface area contributed by atoms with Gasteiger partial charge in [0.25, 0.3) is 0 Å². The van der Waals surface area contributed by atoms with Crippen molar-refractivity contribution in [2.24, 2.45) is 5.92 Å². The number of thioether (sulfide) groups is 1. The fraction of sp³-hybridized carbons (Fsp3) is 0.381. The highest BCUT2D eigenvalue weighted by Gasteiger charge is 2.72. The first-order chi connectivity index (χ1) is 13.2. The number of carboxylic acids is 1. The van der Waals surface area contributed by atoms with E-state index in [9.17, 15) is 9.90 Å². The van der Waals surface area contributed by atoms with Crippen LogP contribution in [-0.4, -0.2) is 36.2 Å². The van der Waals surface area contributed by atoms with E-state index in [1.54, 1.807) is 24.8 Å². The lowest BCUT2D eigenvalue weighted by Crippen LogP contribution is -2.67. The second-order valence-electron chi connectivity index (χ2n) is 7.78. The van der Waals surface area contributed by atoms with Gasteiger partial charge in [0.1, 0.15) is 0 Å². The number of hydrogen-bond acceptors (Lipinski definition) is 5. The summed E-state index contributed by atoms with van der Waals surface area (Å²) < 4.78 is 4.97. The number of thiocarbonyl (C=S) groups is 1. The van der Waals surface area contributed by atoms with E-state index in [1.165, 1.54) is 0 Å². The summed E-state index contributed by atoms with van der Waals surface area (Å²) in [6.07, 6.45) is 3.71. The maximum absolute atomic E-state index is 12.9. The molecule has 1 N–H and O–H groups in total. The minimum atomic E-state index is -1.33. The molecular formula is C21H22N2O3S2. The Bertz CT molecular complexity index is 983. The van der Waals surface area contributed by atoms with Crippen LogP contribution in [0, 0.1) is 12.8 Å². The topological polar surface area (TPSA) is 66.6 Å². The van der Waals surface area contributed by atoms with Crippen molar-refractivity contribution < 1.29 is 14.4 Å². The molecule has 4 rings (SSSR count). The van der Waals surface area contributed by atoms with Crippen LogP contribution in [0.2, 0.25) is 0 Å². The molecule has 1 aromatic carbocycles. The largest absolute Gasteiger partial charge is 0.479 e. The molecule has 0 aliphatic carbocycles. The predicted octanol–water partition coefficient (Wildman–Crippen LogP) is 4.56. The average Bonchev–Trinajstić information content (AvgIpc) is 3.13. The van der Waals surface area contributed by atoms with Gasteiger partial charge in [-0.3, -0.25) is 0 Å². The molecule has 0 bridgehead atoms. The van der Waals surface area contributed by atoms with Gasteiger partial charge in [-0.25, -0.2) is 4.79 Å². The second-order valence-corrected chi connectivity index (χ2v) is 9.94. The Hall–Kier alpha value is -2.12. The second kappa shape index (κ2) is 6.46. The number of rotatable bonds is 4. The molecule has 3 heterocycles. The quantitative estimate of drug-likeness (QED) is 0.736. The van der Waals surface area contributed by atoms with Crippen molar-refractivity contribution in [1.82, 2.24) is 10.1 Å². The van der Waals surface area contributed by atoms with Crippen LogP contribution in [0.4, 0.5) is 0 Å². The molecule has 0 saturated carbocycles. The molecule has 5 nitrogen and oxygen atoms in total. The Labute approximate surface area is 173 Å². The summed E-state index contributed by atoms with van der Waals surface area (Å²) in [7, 11) is 0. The van der Waals surface area contributed by atoms with Gasteiger partial charge in [-0.05, 0) is 32.4 Å². The van der Waals surface area contributed by atoms with Crippen molar-refractivity contribution in [3.8, 4) is 0 Å². The standard InChI is InChI=1S/C21H22N2O3S2/c1-12-17(27)23-18(12)28-20(3,4)21(23,19(24)25)16-13(2)22-26-15(16)11-10-14-8-6-5-7-9-14/h5-12,18H,1-4H3,(H,24,25)/t12-,18-,21+/m1/s1. The molecule has 0 unspecified atom stereocenters. The van der Waals surface area contributed by atoms with Gasteiger partial charge in [0.2, 0.25) is 0 Å². The van der Waals surface area contributed by atoms with E-state index < -0.39 is 16.3 Å². The molecule has 7 heteroatoms. The zero-order chi connectivity index (χ0) is 20.3. The van der Waals surface area contributed by atoms with Crippen molar-refractivity contribution >= 4 is 47.1 Å². The first kappa shape index (κ1) is 19.2. The third-order valence-corrected chi connectivity index (χ3v) is 8.06. The van der Waals surface area contributed by atoms with Crippen LogP contribution in [-0.2, 0) is 10.3 Å². The van der Waals surface area contributed by atoms with Crippen LogP contribution in [0.5, 0.6) is 0 Å². The summed E-state index contributed by atoms with van der Waals surface area (Å²) in [5.74, 6) is -0.299. The van der Waals surface area contributed by atoms with Crippen LogP contribution in [0.15, 0.2) is 34.9 Å². The smallest absolute Gasteiger partial charge is 0.336 e. The molecule has 3 atom stereocenters. The first-order valence-electron chi connectivity index (χ1n) is 9.16. The van der Waals surface area contributed by atoms with E-state index >= 15 is 0 Å². The molecule has 2 fully saturated rings. The Morgan fingerprint density at radius 1 is 1.32 bits per heavy atom. The normalized spacial score (nSPS) is 28.4. The van der Waals surface area contributed by atoms with Crippen molar-refractivity contribution in [3.05, 3.63) is 52.9 Å². The summed E-state index contributed by atoms with van der Waals surface area (Å²) in [6.45, 7) is 7.79. The number of aryl methyl sites for hydroxylation is 1. The third-order valence-electron chi connectivity index (χ3n) is 5.74. The molecular weight excluding hydrogens is 392 g/mol. The fourth-order valence-corrected chi connectivity index (χ4v) is 6.67. The minimum Gasteiger partial charge on any atom is -0.479 e. The summed E-state index contributed by atoms with van der Waals surface area (Å²) in [6, 6.07) is 9.80. The van der Waals surface area contributed by atoms with Crippen molar-refractivity contribution in [1.29, 1.82) is 0 Å². The van der Waals surface area contributed by atoms with Gasteiger partial charge in [-0.15, -0.1) is 11.8 Å². The number of fused-ring (bicyclic) bond motifs is 1. The maximum atomic E-state index is 12.9. The van der Waals surface area contributed by atoms with E-state index in [0.29, 0.717) is 22.0 Å². The highest BCUT2D eigenvalue weighted by atomic mass is 32.2. The molecule has 0 spiro atoms. The van der Waals surface area contributed by atoms with Gasteiger partial charge in [0, 0.05) is 5.92 Å². The lowest BCUT2D eigenvalue weighted by Gasteiger charge is -2.51. The van der Waals surface area contributed by atoms with Gasteiger partial charge in [0.05, 0.1) is 26.4 Å². The lowest BCUT2D eigenvalue weighted by molar-refractivity contribution is -0.152. The molecule has 2 saturated heterocycles. The third kappa shape index (κ3) is 2.42. The van der Waals surface area contributed by atoms with Crippen LogP contribution < -0.4 is 0 Å². The van der Waals surface area contributed by atoms with Crippen molar-refractivity contribution in [2.75, 3.05) is 0 Å². The summed E-state index contributed by atoms with van der Waals surface area (Å²) in [5.41, 5.74) is 0.831. The van der Waals surface area contributed by atoms with Gasteiger partial charge in [-0.1, -0.05) is 60.7 Å². The SMILES string of the molecule is Cc1noc(C=Cc2ccccc2)c1[C@@]1(C(=O)O)N2C(=S)[C@@H](C)[C@H]2SC1(C)C. The van der Waals surface area contributed by atoms with E-state index in [1.807, 2.05) is 55.2 Å². The Morgan fingerprint density at radius 2 is 2.00 bits per heavy atom. The van der Waals surface area contributed by atoms with Gasteiger partial charge in [-0.2, -0.15) is 0 Å². The zero-order valence-electron chi connectivity index (χ0n) is 16.2. The molecule has 2 aliphatic heterocycles. The number of nitrogens with zero attached hydrogens (tertiary/aromatic N) is 2. The van der Waals surface area contributed by atoms with E-state index in [-0.39, 0.29) is 11.3 Å².